The molecule has 2 N–H and O–H groups in total. The molecule has 8 rings (SSSR count). The summed E-state index contributed by atoms with van der Waals surface area (Å²) in [5.41, 5.74) is -0.357. The fourth-order valence-electron chi connectivity index (χ4n) is 8.21. The Bertz CT molecular complexity index is 1830. The molecule has 10 nitrogen and oxygen atoms in total. The summed E-state index contributed by atoms with van der Waals surface area (Å²) in [6, 6.07) is 7.43. The van der Waals surface area contributed by atoms with E-state index in [0.29, 0.717) is 62.7 Å². The van der Waals surface area contributed by atoms with Gasteiger partial charge in [-0.05, 0) is 62.2 Å². The Morgan fingerprint density at radius 1 is 1.11 bits per heavy atom. The van der Waals surface area contributed by atoms with Crippen LogP contribution in [-0.2, 0) is 9.47 Å². The highest BCUT2D eigenvalue weighted by Crippen LogP contribution is 2.42. The van der Waals surface area contributed by atoms with Gasteiger partial charge in [-0.25, -0.2) is 8.78 Å². The van der Waals surface area contributed by atoms with E-state index in [9.17, 15) is 5.11 Å². The van der Waals surface area contributed by atoms with Crippen molar-refractivity contribution in [3.63, 3.8) is 0 Å². The molecule has 2 aromatic carbocycles. The molecule has 4 aliphatic rings. The molecule has 248 valence electrons. The zero-order valence-corrected chi connectivity index (χ0v) is 26.6. The Morgan fingerprint density at radius 3 is 2.91 bits per heavy atom. The van der Waals surface area contributed by atoms with Crippen molar-refractivity contribution in [1.82, 2.24) is 25.2 Å². The molecule has 0 unspecified atom stereocenters. The van der Waals surface area contributed by atoms with Crippen molar-refractivity contribution in [2.75, 3.05) is 64.1 Å². The summed E-state index contributed by atoms with van der Waals surface area (Å²) in [6.07, 6.45) is 6.18. The lowest BCUT2D eigenvalue weighted by Gasteiger charge is -2.44. The van der Waals surface area contributed by atoms with E-state index in [-0.39, 0.29) is 51.1 Å². The lowest BCUT2D eigenvalue weighted by molar-refractivity contribution is 0.00260. The number of aromatic hydroxyl groups is 1. The minimum absolute atomic E-state index is 0.0399. The van der Waals surface area contributed by atoms with Gasteiger partial charge in [0, 0.05) is 55.5 Å². The summed E-state index contributed by atoms with van der Waals surface area (Å²) in [5, 5.41) is 15.3. The molecule has 1 spiro atoms. The Kier molecular flexibility index (Phi) is 7.86. The van der Waals surface area contributed by atoms with Crippen LogP contribution in [0.1, 0.15) is 39.0 Å². The number of aromatic nitrogens is 3. The standard InChI is InChI=1S/C35H40F2N6O4/c1-2-34-8-12-45-13-14-46-24-17-35(7-4-10-43(35)19-24)21-47-33-40-31-26(32(41-33)42(20-34)11-9-39-34)18-38-30(29(31)37)25-16-23(44)15-22-5-3-6-27(36)28(22)25/h3,5-6,15-16,18,24,39,44H,2,4,7-14,17,19-21H2,1H3/t24-,34+,35-/m1/s1. The van der Waals surface area contributed by atoms with Crippen LogP contribution >= 0.6 is 0 Å². The first-order valence-corrected chi connectivity index (χ1v) is 16.7. The Morgan fingerprint density at radius 2 is 2.02 bits per heavy atom. The summed E-state index contributed by atoms with van der Waals surface area (Å²) in [7, 11) is 0. The minimum atomic E-state index is -0.725. The second-order valence-electron chi connectivity index (χ2n) is 13.4. The van der Waals surface area contributed by atoms with E-state index in [1.54, 1.807) is 18.3 Å². The molecule has 2 aromatic heterocycles. The first-order valence-electron chi connectivity index (χ1n) is 16.7. The number of halogens is 2. The van der Waals surface area contributed by atoms with Crippen LogP contribution < -0.4 is 15.0 Å². The number of nitrogens with zero attached hydrogens (tertiary/aromatic N) is 5. The van der Waals surface area contributed by atoms with Gasteiger partial charge in [-0.15, -0.1) is 0 Å². The van der Waals surface area contributed by atoms with E-state index >= 15 is 8.78 Å². The number of fused-ring (bicyclic) bond motifs is 9. The summed E-state index contributed by atoms with van der Waals surface area (Å²) in [6.45, 7) is 7.99. The van der Waals surface area contributed by atoms with Gasteiger partial charge in [0.2, 0.25) is 0 Å². The average molecular weight is 647 g/mol. The maximum absolute atomic E-state index is 16.8. The quantitative estimate of drug-likeness (QED) is 0.315. The third-order valence-electron chi connectivity index (χ3n) is 10.7. The fraction of sp³-hybridized carbons (Fsp3) is 0.514. The minimum Gasteiger partial charge on any atom is -0.508 e. The predicted molar refractivity (Wildman–Crippen MR) is 174 cm³/mol. The molecular weight excluding hydrogens is 606 g/mol. The van der Waals surface area contributed by atoms with Crippen molar-refractivity contribution in [2.24, 2.45) is 0 Å². The van der Waals surface area contributed by atoms with Crippen LogP contribution in [0.15, 0.2) is 36.5 Å². The van der Waals surface area contributed by atoms with Crippen molar-refractivity contribution in [3.05, 3.63) is 48.2 Å². The van der Waals surface area contributed by atoms with Gasteiger partial charge in [0.25, 0.3) is 0 Å². The van der Waals surface area contributed by atoms with E-state index in [1.165, 1.54) is 18.2 Å². The molecule has 3 saturated heterocycles. The van der Waals surface area contributed by atoms with Crippen LogP contribution in [0.2, 0.25) is 0 Å². The van der Waals surface area contributed by atoms with E-state index in [0.717, 1.165) is 45.2 Å². The molecule has 47 heavy (non-hydrogen) atoms. The van der Waals surface area contributed by atoms with Crippen molar-refractivity contribution in [3.8, 4) is 23.0 Å². The number of pyridine rings is 1. The maximum Gasteiger partial charge on any atom is 0.319 e. The molecule has 6 bridgehead atoms. The second-order valence-corrected chi connectivity index (χ2v) is 13.4. The maximum atomic E-state index is 16.8. The molecule has 12 heteroatoms. The summed E-state index contributed by atoms with van der Waals surface area (Å²) in [4.78, 5) is 18.7. The summed E-state index contributed by atoms with van der Waals surface area (Å²) in [5.74, 6) is -0.823. The molecule has 0 aliphatic carbocycles. The van der Waals surface area contributed by atoms with Crippen LogP contribution in [0.25, 0.3) is 32.9 Å². The van der Waals surface area contributed by atoms with E-state index in [1.807, 2.05) is 0 Å². The van der Waals surface area contributed by atoms with Gasteiger partial charge in [-0.3, -0.25) is 9.88 Å². The number of anilines is 1. The fourth-order valence-corrected chi connectivity index (χ4v) is 8.21. The third kappa shape index (κ3) is 5.44. The first-order chi connectivity index (χ1) is 22.9. The van der Waals surface area contributed by atoms with Crippen LogP contribution in [0.3, 0.4) is 0 Å². The number of rotatable bonds is 2. The molecule has 4 aliphatic heterocycles. The van der Waals surface area contributed by atoms with E-state index in [2.05, 4.69) is 32.0 Å². The normalized spacial score (nSPS) is 27.1. The molecule has 4 aromatic rings. The Balaban J connectivity index is 1.27. The third-order valence-corrected chi connectivity index (χ3v) is 10.7. The van der Waals surface area contributed by atoms with Crippen LogP contribution in [0.4, 0.5) is 14.6 Å². The van der Waals surface area contributed by atoms with Gasteiger partial charge < -0.3 is 29.5 Å². The SMILES string of the molecule is CC[C@@]12CCOCCO[C@H]3CN4CCC[C@]4(COc4nc(c5cnc(-c6cc(O)cc7cccc(F)c67)c(F)c5n4)N(CCN1)C2)C3. The number of hydrogen-bond donors (Lipinski definition) is 2. The zero-order chi connectivity index (χ0) is 32.2. The number of piperazine rings is 1. The van der Waals surface area contributed by atoms with Crippen LogP contribution in [-0.4, -0.2) is 101 Å². The first kappa shape index (κ1) is 30.6. The lowest BCUT2D eigenvalue weighted by Crippen LogP contribution is -2.61. The predicted octanol–water partition coefficient (Wildman–Crippen LogP) is 4.81. The van der Waals surface area contributed by atoms with Crippen molar-refractivity contribution >= 4 is 27.5 Å². The highest BCUT2D eigenvalue weighted by molar-refractivity contribution is 6.00. The second kappa shape index (κ2) is 12.1. The van der Waals surface area contributed by atoms with Gasteiger partial charge in [0.15, 0.2) is 5.82 Å². The number of benzene rings is 2. The molecular formula is C35H40F2N6O4. The number of nitrogens with one attached hydrogen (secondary N) is 1. The highest BCUT2D eigenvalue weighted by Gasteiger charge is 2.49. The molecule has 3 atom stereocenters. The number of phenols is 1. The zero-order valence-electron chi connectivity index (χ0n) is 26.6. The number of phenolic OH excluding ortho intramolecular Hbond substituents is 1. The van der Waals surface area contributed by atoms with Crippen molar-refractivity contribution < 1.29 is 28.1 Å². The van der Waals surface area contributed by atoms with Crippen LogP contribution in [0, 0.1) is 11.6 Å². The number of ether oxygens (including phenoxy) is 3. The number of hydrogen-bond acceptors (Lipinski definition) is 10. The average Bonchev–Trinajstić information content (AvgIpc) is 3.62. The smallest absolute Gasteiger partial charge is 0.319 e. The molecule has 0 radical (unpaired) electrons. The van der Waals surface area contributed by atoms with Gasteiger partial charge in [0.1, 0.15) is 35.2 Å². The van der Waals surface area contributed by atoms with Gasteiger partial charge >= 0.3 is 6.01 Å². The molecule has 0 saturated carbocycles. The summed E-state index contributed by atoms with van der Waals surface area (Å²) >= 11 is 0. The lowest BCUT2D eigenvalue weighted by atomic mass is 9.89. The monoisotopic (exact) mass is 646 g/mol. The van der Waals surface area contributed by atoms with Crippen molar-refractivity contribution in [1.29, 1.82) is 0 Å². The summed E-state index contributed by atoms with van der Waals surface area (Å²) < 4.78 is 50.8. The van der Waals surface area contributed by atoms with Crippen LogP contribution in [0.5, 0.6) is 11.8 Å². The van der Waals surface area contributed by atoms with E-state index < -0.39 is 11.6 Å². The molecule has 6 heterocycles. The Labute approximate surface area is 272 Å². The Hall–Kier alpha value is -3.71. The van der Waals surface area contributed by atoms with Gasteiger partial charge in [0.05, 0.1) is 30.2 Å². The molecule has 3 fully saturated rings. The highest BCUT2D eigenvalue weighted by atomic mass is 19.1. The van der Waals surface area contributed by atoms with Gasteiger partial charge in [-0.2, -0.15) is 9.97 Å². The molecule has 0 amide bonds. The topological polar surface area (TPSA) is 105 Å². The van der Waals surface area contributed by atoms with Crippen molar-refractivity contribution in [2.45, 2.75) is 56.2 Å². The van der Waals surface area contributed by atoms with E-state index in [4.69, 9.17) is 19.2 Å². The van der Waals surface area contributed by atoms with Gasteiger partial charge in [-0.1, -0.05) is 19.1 Å². The largest absolute Gasteiger partial charge is 0.508 e.